The Bertz CT molecular complexity index is 816. The molecular weight excluding hydrogens is 330 g/mol. The number of amides is 1. The van der Waals surface area contributed by atoms with Gasteiger partial charge in [-0.25, -0.2) is 0 Å². The Kier molecular flexibility index (Phi) is 4.02. The summed E-state index contributed by atoms with van der Waals surface area (Å²) in [5.74, 6) is 0.682. The number of fused-ring (bicyclic) bond motifs is 3. The van der Waals surface area contributed by atoms with Crippen molar-refractivity contribution in [3.05, 3.63) is 30.5 Å². The topological polar surface area (TPSA) is 46.1 Å². The van der Waals surface area contributed by atoms with Crippen molar-refractivity contribution in [3.8, 4) is 0 Å². The zero-order valence-corrected chi connectivity index (χ0v) is 16.0. The van der Waals surface area contributed by atoms with E-state index in [1.54, 1.807) is 6.20 Å². The first-order valence-corrected chi connectivity index (χ1v) is 9.97. The highest BCUT2D eigenvalue weighted by atomic mass is 32.2. The van der Waals surface area contributed by atoms with Gasteiger partial charge in [-0.05, 0) is 30.1 Å². The van der Waals surface area contributed by atoms with Gasteiger partial charge in [0.1, 0.15) is 5.03 Å². The Morgan fingerprint density at radius 1 is 1.28 bits per heavy atom. The average Bonchev–Trinajstić information content (AvgIpc) is 2.81. The molecule has 2 aromatic rings. The molecule has 2 aliphatic rings. The van der Waals surface area contributed by atoms with Crippen LogP contribution in [-0.2, 0) is 4.79 Å². The Morgan fingerprint density at radius 2 is 2.08 bits per heavy atom. The first kappa shape index (κ1) is 16.8. The fraction of sp³-hybridized carbons (Fsp3) is 0.550. The van der Waals surface area contributed by atoms with Crippen LogP contribution in [0.5, 0.6) is 0 Å². The highest BCUT2D eigenvalue weighted by Gasteiger charge is 2.50. The number of hydrogen-bond donors (Lipinski definition) is 0. The Labute approximate surface area is 153 Å². The molecule has 1 amide bonds. The van der Waals surface area contributed by atoms with Crippen LogP contribution in [0.3, 0.4) is 0 Å². The van der Waals surface area contributed by atoms with Gasteiger partial charge < -0.3 is 4.90 Å². The molecule has 1 aromatic carbocycles. The number of hydrogen-bond acceptors (Lipinski definition) is 4. The van der Waals surface area contributed by atoms with Gasteiger partial charge in [0.15, 0.2) is 0 Å². The van der Waals surface area contributed by atoms with Crippen molar-refractivity contribution in [1.82, 2.24) is 15.1 Å². The number of rotatable bonds is 3. The SMILES string of the molecule is CC1(C)C[C@@H]2C[C@@](C)(CN2C(=O)CSc2nncc3ccccc23)C1. The third kappa shape index (κ3) is 3.26. The molecule has 132 valence electrons. The van der Waals surface area contributed by atoms with Gasteiger partial charge in [-0.2, -0.15) is 5.10 Å². The molecule has 2 bridgehead atoms. The molecule has 2 heterocycles. The van der Waals surface area contributed by atoms with E-state index in [-0.39, 0.29) is 11.3 Å². The highest BCUT2D eigenvalue weighted by molar-refractivity contribution is 8.00. The number of aromatic nitrogens is 2. The van der Waals surface area contributed by atoms with Crippen LogP contribution in [0.2, 0.25) is 0 Å². The predicted molar refractivity (Wildman–Crippen MR) is 102 cm³/mol. The number of likely N-dealkylation sites (tertiary alicyclic amines) is 1. The molecule has 1 aliphatic carbocycles. The van der Waals surface area contributed by atoms with E-state index in [1.165, 1.54) is 18.2 Å². The number of carbonyl (C=O) groups excluding carboxylic acids is 1. The lowest BCUT2D eigenvalue weighted by Gasteiger charge is -2.39. The maximum atomic E-state index is 12.9. The molecule has 1 saturated carbocycles. The van der Waals surface area contributed by atoms with Gasteiger partial charge in [0.05, 0.1) is 11.9 Å². The van der Waals surface area contributed by atoms with Crippen LogP contribution in [-0.4, -0.2) is 39.3 Å². The quantitative estimate of drug-likeness (QED) is 0.776. The lowest BCUT2D eigenvalue weighted by molar-refractivity contribution is -0.129. The Balaban J connectivity index is 1.48. The Hall–Kier alpha value is -1.62. The van der Waals surface area contributed by atoms with E-state index >= 15 is 0 Å². The van der Waals surface area contributed by atoms with Crippen LogP contribution >= 0.6 is 11.8 Å². The summed E-state index contributed by atoms with van der Waals surface area (Å²) in [6.07, 6.45) is 5.25. The van der Waals surface area contributed by atoms with Gasteiger partial charge in [-0.3, -0.25) is 4.79 Å². The maximum absolute atomic E-state index is 12.9. The number of carbonyl (C=O) groups is 1. The summed E-state index contributed by atoms with van der Waals surface area (Å²) in [5, 5.41) is 11.3. The van der Waals surface area contributed by atoms with Crippen LogP contribution in [0.25, 0.3) is 10.8 Å². The fourth-order valence-corrected chi connectivity index (χ4v) is 5.95. The molecule has 0 N–H and O–H groups in total. The molecule has 1 aliphatic heterocycles. The van der Waals surface area contributed by atoms with Crippen molar-refractivity contribution < 1.29 is 4.79 Å². The van der Waals surface area contributed by atoms with Gasteiger partial charge in [-0.1, -0.05) is 56.8 Å². The second-order valence-electron chi connectivity index (χ2n) is 8.76. The second kappa shape index (κ2) is 5.97. The summed E-state index contributed by atoms with van der Waals surface area (Å²) >= 11 is 1.51. The largest absolute Gasteiger partial charge is 0.338 e. The minimum atomic E-state index is 0.242. The summed E-state index contributed by atoms with van der Waals surface area (Å²) in [6.45, 7) is 7.93. The zero-order chi connectivity index (χ0) is 17.7. The standard InChI is InChI=1S/C20H25N3OS/c1-19(2)8-15-9-20(3,12-19)13-23(15)17(24)11-25-18-16-7-5-4-6-14(16)10-21-22-18/h4-7,10,15H,8-9,11-13H2,1-3H3/t15-,20-/m1/s1. The smallest absolute Gasteiger partial charge is 0.233 e. The van der Waals surface area contributed by atoms with Gasteiger partial charge in [0.2, 0.25) is 5.91 Å². The zero-order valence-electron chi connectivity index (χ0n) is 15.2. The van der Waals surface area contributed by atoms with E-state index in [0.29, 0.717) is 17.2 Å². The van der Waals surface area contributed by atoms with Crippen molar-refractivity contribution in [2.45, 2.75) is 51.1 Å². The van der Waals surface area contributed by atoms with Crippen LogP contribution in [0.1, 0.15) is 40.0 Å². The van der Waals surface area contributed by atoms with E-state index in [2.05, 4.69) is 35.9 Å². The third-order valence-electron chi connectivity index (χ3n) is 5.60. The van der Waals surface area contributed by atoms with Gasteiger partial charge in [-0.15, -0.1) is 5.10 Å². The summed E-state index contributed by atoms with van der Waals surface area (Å²) < 4.78 is 0. The molecule has 4 nitrogen and oxygen atoms in total. The van der Waals surface area contributed by atoms with E-state index in [9.17, 15) is 4.79 Å². The normalized spacial score (nSPS) is 27.6. The summed E-state index contributed by atoms with van der Waals surface area (Å²) in [5.41, 5.74) is 0.618. The summed E-state index contributed by atoms with van der Waals surface area (Å²) in [6, 6.07) is 8.48. The lowest BCUT2D eigenvalue weighted by Crippen LogP contribution is -2.38. The monoisotopic (exact) mass is 355 g/mol. The Morgan fingerprint density at radius 3 is 2.92 bits per heavy atom. The number of nitrogens with zero attached hydrogens (tertiary/aromatic N) is 3. The molecule has 2 atom stereocenters. The van der Waals surface area contributed by atoms with Gasteiger partial charge in [0, 0.05) is 23.4 Å². The van der Waals surface area contributed by atoms with Crippen LogP contribution in [0, 0.1) is 10.8 Å². The molecule has 0 unspecified atom stereocenters. The summed E-state index contributed by atoms with van der Waals surface area (Å²) in [4.78, 5) is 15.0. The first-order chi connectivity index (χ1) is 11.9. The number of benzene rings is 1. The first-order valence-electron chi connectivity index (χ1n) is 8.98. The molecule has 1 aromatic heterocycles. The average molecular weight is 356 g/mol. The van der Waals surface area contributed by atoms with Crippen LogP contribution in [0.15, 0.2) is 35.5 Å². The second-order valence-corrected chi connectivity index (χ2v) is 9.73. The van der Waals surface area contributed by atoms with Crippen LogP contribution < -0.4 is 0 Å². The van der Waals surface area contributed by atoms with Crippen molar-refractivity contribution in [2.24, 2.45) is 10.8 Å². The molecule has 4 rings (SSSR count). The minimum Gasteiger partial charge on any atom is -0.338 e. The maximum Gasteiger partial charge on any atom is 0.233 e. The molecular formula is C20H25N3OS. The predicted octanol–water partition coefficient (Wildman–Crippen LogP) is 4.15. The third-order valence-corrected chi connectivity index (χ3v) is 6.57. The number of thioether (sulfide) groups is 1. The van der Waals surface area contributed by atoms with Crippen molar-refractivity contribution in [2.75, 3.05) is 12.3 Å². The van der Waals surface area contributed by atoms with E-state index in [4.69, 9.17) is 0 Å². The minimum absolute atomic E-state index is 0.242. The van der Waals surface area contributed by atoms with Crippen LogP contribution in [0.4, 0.5) is 0 Å². The van der Waals surface area contributed by atoms with Crippen molar-refractivity contribution >= 4 is 28.4 Å². The molecule has 5 heteroatoms. The van der Waals surface area contributed by atoms with Crippen molar-refractivity contribution in [3.63, 3.8) is 0 Å². The lowest BCUT2D eigenvalue weighted by atomic mass is 9.65. The molecule has 2 fully saturated rings. The molecule has 25 heavy (non-hydrogen) atoms. The van der Waals surface area contributed by atoms with Crippen molar-refractivity contribution in [1.29, 1.82) is 0 Å². The van der Waals surface area contributed by atoms with E-state index in [1.807, 2.05) is 24.3 Å². The van der Waals surface area contributed by atoms with Gasteiger partial charge in [0.25, 0.3) is 0 Å². The van der Waals surface area contributed by atoms with E-state index in [0.717, 1.165) is 35.2 Å². The summed E-state index contributed by atoms with van der Waals surface area (Å²) in [7, 11) is 0. The van der Waals surface area contributed by atoms with E-state index < -0.39 is 0 Å². The van der Waals surface area contributed by atoms with Gasteiger partial charge >= 0.3 is 0 Å². The highest BCUT2D eigenvalue weighted by Crippen LogP contribution is 2.52. The molecule has 0 spiro atoms. The molecule has 0 radical (unpaired) electrons. The fourth-order valence-electron chi connectivity index (χ4n) is 5.07. The molecule has 1 saturated heterocycles.